The fourth-order valence-electron chi connectivity index (χ4n) is 8.38. The van der Waals surface area contributed by atoms with Gasteiger partial charge in [0.2, 0.25) is 0 Å². The summed E-state index contributed by atoms with van der Waals surface area (Å²) < 4.78 is 4.38. The summed E-state index contributed by atoms with van der Waals surface area (Å²) in [5.74, 6) is 0. The molecular weight excluding hydrogens is 709 g/mol. The van der Waals surface area contributed by atoms with Gasteiger partial charge in [0.05, 0.1) is 68.3 Å². The lowest BCUT2D eigenvalue weighted by molar-refractivity contribution is 1.12. The van der Waals surface area contributed by atoms with Crippen LogP contribution in [0.25, 0.3) is 88.4 Å². The van der Waals surface area contributed by atoms with E-state index >= 15 is 0 Å². The van der Waals surface area contributed by atoms with Gasteiger partial charge in [0.15, 0.2) is 0 Å². The summed E-state index contributed by atoms with van der Waals surface area (Å²) in [6.07, 6.45) is 0. The Hall–Kier alpha value is -8.68. The fourth-order valence-corrected chi connectivity index (χ4v) is 8.38. The van der Waals surface area contributed by atoms with Crippen LogP contribution in [0.1, 0.15) is 22.3 Å². The highest BCUT2D eigenvalue weighted by Crippen LogP contribution is 2.43. The third-order valence-corrected chi connectivity index (χ3v) is 11.1. The van der Waals surface area contributed by atoms with E-state index in [9.17, 15) is 21.0 Å². The SMILES string of the molecule is N#Cc1ccc(-c2ccc3c(c2)c2ccccc2n3-c2ccc(-c3cccc(C#N)c3)c(-n3c4ccccc4c4cc(-c5ccc(C#N)cc5)ccc43)c2C#N)cc1. The van der Waals surface area contributed by atoms with Crippen molar-refractivity contribution in [2.24, 2.45) is 0 Å². The van der Waals surface area contributed by atoms with Gasteiger partial charge in [-0.3, -0.25) is 0 Å². The van der Waals surface area contributed by atoms with Crippen LogP contribution in [-0.4, -0.2) is 9.13 Å². The number of nitrogens with zero attached hydrogens (tertiary/aromatic N) is 6. The molecule has 0 aliphatic heterocycles. The van der Waals surface area contributed by atoms with E-state index in [1.165, 1.54) is 0 Å². The molecule has 0 N–H and O–H groups in total. The average Bonchev–Trinajstić information content (AvgIpc) is 3.80. The summed E-state index contributed by atoms with van der Waals surface area (Å²) in [5.41, 5.74) is 13.2. The standard InChI is InChI=1S/C52H28N6/c53-29-33-12-16-36(17-13-33)38-20-23-49-44(27-38)42-8-1-3-10-47(42)57(49)51-25-22-41(40-7-5-6-35(26-40)31-55)52(46(51)32-56)58-48-11-4-2-9-43(48)45-28-39(21-24-50(45)58)37-18-14-34(30-54)15-19-37/h1-28H. The van der Waals surface area contributed by atoms with Gasteiger partial charge in [0.25, 0.3) is 0 Å². The summed E-state index contributed by atoms with van der Waals surface area (Å²) in [4.78, 5) is 0. The van der Waals surface area contributed by atoms with Crippen molar-refractivity contribution in [2.75, 3.05) is 0 Å². The van der Waals surface area contributed by atoms with Gasteiger partial charge >= 0.3 is 0 Å². The van der Waals surface area contributed by atoms with Crippen molar-refractivity contribution in [3.05, 3.63) is 192 Å². The maximum Gasteiger partial charge on any atom is 0.104 e. The second-order valence-corrected chi connectivity index (χ2v) is 14.2. The lowest BCUT2D eigenvalue weighted by Gasteiger charge is -2.20. The third-order valence-electron chi connectivity index (χ3n) is 11.1. The topological polar surface area (TPSA) is 105 Å². The van der Waals surface area contributed by atoms with Crippen LogP contribution in [-0.2, 0) is 0 Å². The molecule has 6 nitrogen and oxygen atoms in total. The summed E-state index contributed by atoms with van der Waals surface area (Å²) >= 11 is 0. The molecule has 0 aliphatic rings. The molecule has 0 saturated carbocycles. The van der Waals surface area contributed by atoms with E-state index in [2.05, 4.69) is 100 Å². The van der Waals surface area contributed by atoms with Crippen LogP contribution >= 0.6 is 0 Å². The van der Waals surface area contributed by atoms with Crippen LogP contribution in [0.2, 0.25) is 0 Å². The zero-order valence-electron chi connectivity index (χ0n) is 30.8. The summed E-state index contributed by atoms with van der Waals surface area (Å²) in [6, 6.07) is 65.5. The lowest BCUT2D eigenvalue weighted by atomic mass is 9.96. The molecule has 0 unspecified atom stereocenters. The first-order valence-electron chi connectivity index (χ1n) is 18.7. The smallest absolute Gasteiger partial charge is 0.104 e. The second-order valence-electron chi connectivity index (χ2n) is 14.2. The maximum atomic E-state index is 11.5. The minimum absolute atomic E-state index is 0.484. The molecule has 0 spiro atoms. The van der Waals surface area contributed by atoms with E-state index in [0.29, 0.717) is 27.9 Å². The predicted molar refractivity (Wildman–Crippen MR) is 230 cm³/mol. The normalized spacial score (nSPS) is 11.0. The van der Waals surface area contributed by atoms with E-state index in [1.807, 2.05) is 97.1 Å². The summed E-state index contributed by atoms with van der Waals surface area (Å²) in [6.45, 7) is 0. The molecule has 0 bridgehead atoms. The molecule has 0 radical (unpaired) electrons. The van der Waals surface area contributed by atoms with Crippen molar-refractivity contribution in [1.29, 1.82) is 21.0 Å². The highest BCUT2D eigenvalue weighted by atomic mass is 15.0. The Labute approximate surface area is 333 Å². The van der Waals surface area contributed by atoms with Gasteiger partial charge < -0.3 is 9.13 Å². The molecule has 0 amide bonds. The van der Waals surface area contributed by atoms with E-state index < -0.39 is 0 Å². The third kappa shape index (κ3) is 5.31. The highest BCUT2D eigenvalue weighted by Gasteiger charge is 2.24. The van der Waals surface area contributed by atoms with Gasteiger partial charge in [-0.25, -0.2) is 0 Å². The van der Waals surface area contributed by atoms with Crippen LogP contribution in [0.3, 0.4) is 0 Å². The Bertz CT molecular complexity index is 3480. The molecule has 8 aromatic carbocycles. The first kappa shape index (κ1) is 33.9. The number of hydrogen-bond donors (Lipinski definition) is 0. The molecule has 2 heterocycles. The number of benzene rings is 8. The molecule has 10 rings (SSSR count). The molecule has 58 heavy (non-hydrogen) atoms. The number of nitriles is 4. The zero-order chi connectivity index (χ0) is 39.3. The highest BCUT2D eigenvalue weighted by molar-refractivity contribution is 6.13. The molecular formula is C52H28N6. The van der Waals surface area contributed by atoms with Crippen LogP contribution in [0.4, 0.5) is 0 Å². The average molecular weight is 737 g/mol. The molecule has 0 fully saturated rings. The number of hydrogen-bond acceptors (Lipinski definition) is 4. The van der Waals surface area contributed by atoms with Crippen LogP contribution in [0, 0.1) is 45.3 Å². The molecule has 10 aromatic rings. The van der Waals surface area contributed by atoms with Crippen molar-refractivity contribution >= 4 is 43.6 Å². The lowest BCUT2D eigenvalue weighted by Crippen LogP contribution is -2.06. The van der Waals surface area contributed by atoms with Crippen molar-refractivity contribution in [3.8, 4) is 69.0 Å². The Morgan fingerprint density at radius 1 is 0.328 bits per heavy atom. The van der Waals surface area contributed by atoms with Crippen LogP contribution in [0.15, 0.2) is 170 Å². The number of rotatable bonds is 5. The molecule has 0 saturated heterocycles. The monoisotopic (exact) mass is 736 g/mol. The Balaban J connectivity index is 1.28. The van der Waals surface area contributed by atoms with E-state index in [4.69, 9.17) is 0 Å². The fraction of sp³-hybridized carbons (Fsp3) is 0. The van der Waals surface area contributed by atoms with Gasteiger partial charge in [0.1, 0.15) is 11.6 Å². The van der Waals surface area contributed by atoms with Crippen LogP contribution < -0.4 is 0 Å². The van der Waals surface area contributed by atoms with Gasteiger partial charge in [0, 0.05) is 27.1 Å². The van der Waals surface area contributed by atoms with Gasteiger partial charge in [-0.05, 0) is 107 Å². The molecule has 0 aliphatic carbocycles. The summed E-state index contributed by atoms with van der Waals surface area (Å²) in [5, 5.41) is 44.3. The van der Waals surface area contributed by atoms with Crippen molar-refractivity contribution in [3.63, 3.8) is 0 Å². The Kier molecular flexibility index (Phi) is 7.92. The Morgan fingerprint density at radius 2 is 0.828 bits per heavy atom. The van der Waals surface area contributed by atoms with Crippen molar-refractivity contribution in [2.45, 2.75) is 0 Å². The van der Waals surface area contributed by atoms with Crippen LogP contribution in [0.5, 0.6) is 0 Å². The van der Waals surface area contributed by atoms with Gasteiger partial charge in [-0.15, -0.1) is 0 Å². The van der Waals surface area contributed by atoms with Gasteiger partial charge in [-0.1, -0.05) is 91.0 Å². The first-order valence-corrected chi connectivity index (χ1v) is 18.7. The molecule has 2 aromatic heterocycles. The largest absolute Gasteiger partial charge is 0.308 e. The Morgan fingerprint density at radius 3 is 1.38 bits per heavy atom. The minimum Gasteiger partial charge on any atom is -0.308 e. The van der Waals surface area contributed by atoms with E-state index in [-0.39, 0.29) is 0 Å². The minimum atomic E-state index is 0.484. The molecule has 0 atom stereocenters. The number of aromatic nitrogens is 2. The predicted octanol–water partition coefficient (Wildman–Crippen LogP) is 12.4. The number of para-hydroxylation sites is 2. The quantitative estimate of drug-likeness (QED) is 0.175. The number of fused-ring (bicyclic) bond motifs is 6. The molecule has 6 heteroatoms. The maximum absolute atomic E-state index is 11.5. The second kappa shape index (κ2) is 13.6. The van der Waals surface area contributed by atoms with Crippen molar-refractivity contribution in [1.82, 2.24) is 9.13 Å². The van der Waals surface area contributed by atoms with Crippen molar-refractivity contribution < 1.29 is 0 Å². The van der Waals surface area contributed by atoms with E-state index in [0.717, 1.165) is 82.7 Å². The molecule has 266 valence electrons. The summed E-state index contributed by atoms with van der Waals surface area (Å²) in [7, 11) is 0. The first-order chi connectivity index (χ1) is 28.6. The zero-order valence-corrected chi connectivity index (χ0v) is 30.8. The van der Waals surface area contributed by atoms with E-state index in [1.54, 1.807) is 6.07 Å². The van der Waals surface area contributed by atoms with Gasteiger partial charge in [-0.2, -0.15) is 21.0 Å².